The zero-order valence-electron chi connectivity index (χ0n) is 11.2. The number of phenols is 1. The lowest BCUT2D eigenvalue weighted by molar-refractivity contribution is 0.465. The summed E-state index contributed by atoms with van der Waals surface area (Å²) in [7, 11) is 0. The second-order valence-corrected chi connectivity index (χ2v) is 5.50. The number of hydrogen-bond donors (Lipinski definition) is 3. The standard InChI is InChI=1S/C16H14BrN3O/c17-14-3-1-2-12(16(14)21)10-18-13-6-4-11(5-7-13)15-8-9-19-20-15/h1-9,18,21H,10H2,(H,19,20). The van der Waals surface area contributed by atoms with Crippen LogP contribution in [0, 0.1) is 0 Å². The summed E-state index contributed by atoms with van der Waals surface area (Å²) < 4.78 is 0.705. The number of nitrogens with one attached hydrogen (secondary N) is 2. The third-order valence-electron chi connectivity index (χ3n) is 3.25. The number of aromatic nitrogens is 2. The van der Waals surface area contributed by atoms with Gasteiger partial charge in [0, 0.05) is 24.0 Å². The zero-order valence-corrected chi connectivity index (χ0v) is 12.8. The van der Waals surface area contributed by atoms with E-state index in [4.69, 9.17) is 0 Å². The van der Waals surface area contributed by atoms with Gasteiger partial charge in [0.2, 0.25) is 0 Å². The SMILES string of the molecule is Oc1c(Br)cccc1CNc1ccc(-c2ccn[nH]2)cc1. The maximum absolute atomic E-state index is 9.95. The Kier molecular flexibility index (Phi) is 3.92. The Morgan fingerprint density at radius 1 is 1.10 bits per heavy atom. The van der Waals surface area contributed by atoms with Crippen molar-refractivity contribution in [2.45, 2.75) is 6.54 Å². The Morgan fingerprint density at radius 3 is 2.62 bits per heavy atom. The molecule has 3 aromatic rings. The number of aromatic amines is 1. The molecule has 0 bridgehead atoms. The predicted molar refractivity (Wildman–Crippen MR) is 87.2 cm³/mol. The molecule has 0 unspecified atom stereocenters. The molecule has 0 aliphatic heterocycles. The van der Waals surface area contributed by atoms with Crippen LogP contribution in [0.15, 0.2) is 59.2 Å². The summed E-state index contributed by atoms with van der Waals surface area (Å²) in [6, 6.07) is 15.6. The highest BCUT2D eigenvalue weighted by molar-refractivity contribution is 9.10. The van der Waals surface area contributed by atoms with Gasteiger partial charge in [-0.1, -0.05) is 24.3 Å². The van der Waals surface area contributed by atoms with Crippen molar-refractivity contribution >= 4 is 21.6 Å². The third kappa shape index (κ3) is 3.08. The lowest BCUT2D eigenvalue weighted by Gasteiger charge is -2.09. The maximum Gasteiger partial charge on any atom is 0.134 e. The van der Waals surface area contributed by atoms with Crippen molar-refractivity contribution in [2.75, 3.05) is 5.32 Å². The first-order chi connectivity index (χ1) is 10.2. The Hall–Kier alpha value is -2.27. The van der Waals surface area contributed by atoms with Crippen LogP contribution in [0.3, 0.4) is 0 Å². The number of H-pyrrole nitrogens is 1. The van der Waals surface area contributed by atoms with Crippen molar-refractivity contribution < 1.29 is 5.11 Å². The normalized spacial score (nSPS) is 10.5. The Bertz CT molecular complexity index is 724. The van der Waals surface area contributed by atoms with Crippen LogP contribution >= 0.6 is 15.9 Å². The number of benzene rings is 2. The molecule has 0 saturated heterocycles. The van der Waals surface area contributed by atoms with Gasteiger partial charge in [-0.2, -0.15) is 5.10 Å². The van der Waals surface area contributed by atoms with Crippen molar-refractivity contribution in [3.05, 3.63) is 64.8 Å². The molecule has 3 rings (SSSR count). The molecule has 0 fully saturated rings. The lowest BCUT2D eigenvalue weighted by atomic mass is 10.1. The van der Waals surface area contributed by atoms with Crippen LogP contribution in [0.25, 0.3) is 11.3 Å². The summed E-state index contributed by atoms with van der Waals surface area (Å²) in [6.07, 6.45) is 1.73. The Morgan fingerprint density at radius 2 is 1.90 bits per heavy atom. The van der Waals surface area contributed by atoms with Crippen molar-refractivity contribution in [3.8, 4) is 17.0 Å². The van der Waals surface area contributed by atoms with E-state index in [0.717, 1.165) is 22.5 Å². The molecular formula is C16H14BrN3O. The highest BCUT2D eigenvalue weighted by Crippen LogP contribution is 2.28. The van der Waals surface area contributed by atoms with E-state index in [1.807, 2.05) is 48.5 Å². The second-order valence-electron chi connectivity index (χ2n) is 4.65. The molecule has 21 heavy (non-hydrogen) atoms. The first-order valence-electron chi connectivity index (χ1n) is 6.54. The number of halogens is 1. The minimum Gasteiger partial charge on any atom is -0.506 e. The van der Waals surface area contributed by atoms with Gasteiger partial charge in [-0.3, -0.25) is 5.10 Å². The van der Waals surface area contributed by atoms with E-state index in [1.165, 1.54) is 0 Å². The summed E-state index contributed by atoms with van der Waals surface area (Å²) >= 11 is 3.32. The van der Waals surface area contributed by atoms with Crippen LogP contribution < -0.4 is 5.32 Å². The summed E-state index contributed by atoms with van der Waals surface area (Å²) in [4.78, 5) is 0. The molecule has 0 aliphatic carbocycles. The van der Waals surface area contributed by atoms with Crippen LogP contribution in [0.1, 0.15) is 5.56 Å². The van der Waals surface area contributed by atoms with Crippen LogP contribution in [0.2, 0.25) is 0 Å². The molecule has 5 heteroatoms. The first kappa shape index (κ1) is 13.7. The Labute approximate surface area is 131 Å². The van der Waals surface area contributed by atoms with Crippen molar-refractivity contribution in [3.63, 3.8) is 0 Å². The quantitative estimate of drug-likeness (QED) is 0.666. The number of nitrogens with zero attached hydrogens (tertiary/aromatic N) is 1. The fourth-order valence-corrected chi connectivity index (χ4v) is 2.49. The smallest absolute Gasteiger partial charge is 0.134 e. The van der Waals surface area contributed by atoms with Crippen molar-refractivity contribution in [1.29, 1.82) is 0 Å². The molecule has 106 valence electrons. The first-order valence-corrected chi connectivity index (χ1v) is 7.33. The van der Waals surface area contributed by atoms with E-state index in [1.54, 1.807) is 6.20 Å². The molecule has 0 saturated carbocycles. The third-order valence-corrected chi connectivity index (χ3v) is 3.89. The number of aromatic hydroxyl groups is 1. The maximum atomic E-state index is 9.95. The van der Waals surface area contributed by atoms with Crippen LogP contribution in [-0.2, 0) is 6.54 Å². The van der Waals surface area contributed by atoms with Gasteiger partial charge < -0.3 is 10.4 Å². The van der Waals surface area contributed by atoms with Gasteiger partial charge in [0.25, 0.3) is 0 Å². The van der Waals surface area contributed by atoms with Gasteiger partial charge in [-0.25, -0.2) is 0 Å². The van der Waals surface area contributed by atoms with Gasteiger partial charge in [0.1, 0.15) is 5.75 Å². The molecule has 4 nitrogen and oxygen atoms in total. The Balaban J connectivity index is 1.70. The summed E-state index contributed by atoms with van der Waals surface area (Å²) in [5.74, 6) is 0.277. The monoisotopic (exact) mass is 343 g/mol. The molecule has 0 atom stereocenters. The predicted octanol–water partition coefficient (Wildman–Crippen LogP) is 4.16. The van der Waals surface area contributed by atoms with Gasteiger partial charge in [-0.05, 0) is 45.8 Å². The summed E-state index contributed by atoms with van der Waals surface area (Å²) in [5, 5.41) is 20.1. The molecule has 1 heterocycles. The number of anilines is 1. The number of hydrogen-bond acceptors (Lipinski definition) is 3. The number of rotatable bonds is 4. The minimum atomic E-state index is 0.277. The van der Waals surface area contributed by atoms with E-state index >= 15 is 0 Å². The van der Waals surface area contributed by atoms with Crippen LogP contribution in [0.5, 0.6) is 5.75 Å². The fourth-order valence-electron chi connectivity index (χ4n) is 2.08. The van der Waals surface area contributed by atoms with Gasteiger partial charge in [-0.15, -0.1) is 0 Å². The molecule has 3 N–H and O–H groups in total. The second kappa shape index (κ2) is 6.01. The van der Waals surface area contributed by atoms with Gasteiger partial charge in [0.15, 0.2) is 0 Å². The van der Waals surface area contributed by atoms with Crippen LogP contribution in [-0.4, -0.2) is 15.3 Å². The summed E-state index contributed by atoms with van der Waals surface area (Å²) in [5.41, 5.74) is 3.93. The van der Waals surface area contributed by atoms with Gasteiger partial charge in [0.05, 0.1) is 10.2 Å². The molecule has 0 spiro atoms. The topological polar surface area (TPSA) is 60.9 Å². The average Bonchev–Trinajstić information content (AvgIpc) is 3.04. The molecule has 0 amide bonds. The molecular weight excluding hydrogens is 330 g/mol. The lowest BCUT2D eigenvalue weighted by Crippen LogP contribution is -1.99. The molecule has 1 aromatic heterocycles. The van der Waals surface area contributed by atoms with E-state index in [0.29, 0.717) is 11.0 Å². The van der Waals surface area contributed by atoms with Crippen LogP contribution in [0.4, 0.5) is 5.69 Å². The van der Waals surface area contributed by atoms with E-state index < -0.39 is 0 Å². The van der Waals surface area contributed by atoms with Gasteiger partial charge >= 0.3 is 0 Å². The molecule has 2 aromatic carbocycles. The number of phenolic OH excluding ortho intramolecular Hbond substituents is 1. The molecule has 0 aliphatic rings. The fraction of sp³-hybridized carbons (Fsp3) is 0.0625. The highest BCUT2D eigenvalue weighted by atomic mass is 79.9. The van der Waals surface area contributed by atoms with E-state index in [9.17, 15) is 5.11 Å². The number of para-hydroxylation sites is 1. The summed E-state index contributed by atoms with van der Waals surface area (Å²) in [6.45, 7) is 0.564. The largest absolute Gasteiger partial charge is 0.506 e. The van der Waals surface area contributed by atoms with Crippen molar-refractivity contribution in [1.82, 2.24) is 10.2 Å². The highest BCUT2D eigenvalue weighted by Gasteiger charge is 2.04. The minimum absolute atomic E-state index is 0.277. The average molecular weight is 344 g/mol. The van der Waals surface area contributed by atoms with Crippen molar-refractivity contribution in [2.24, 2.45) is 0 Å². The molecule has 0 radical (unpaired) electrons. The van der Waals surface area contributed by atoms with E-state index in [-0.39, 0.29) is 5.75 Å². The van der Waals surface area contributed by atoms with E-state index in [2.05, 4.69) is 31.4 Å². The zero-order chi connectivity index (χ0) is 14.7.